The Morgan fingerprint density at radius 1 is 1.11 bits per heavy atom. The molecule has 2 aromatic carbocycles. The van der Waals surface area contributed by atoms with Crippen molar-refractivity contribution >= 4 is 40.8 Å². The summed E-state index contributed by atoms with van der Waals surface area (Å²) in [6, 6.07) is 10.2. The van der Waals surface area contributed by atoms with E-state index in [1.807, 2.05) is 0 Å². The Morgan fingerprint density at radius 3 is 2.25 bits per heavy atom. The highest BCUT2D eigenvalue weighted by Gasteiger charge is 2.23. The van der Waals surface area contributed by atoms with Crippen molar-refractivity contribution in [1.82, 2.24) is 0 Å². The second-order valence-corrected chi connectivity index (χ2v) is 6.66. The quantitative estimate of drug-likeness (QED) is 0.247. The van der Waals surface area contributed by atoms with Gasteiger partial charge in [0, 0.05) is 24.2 Å². The molecule has 2 rings (SSSR count). The molecule has 0 aliphatic rings. The fourth-order valence-corrected chi connectivity index (χ4v) is 2.94. The molecule has 0 aliphatic heterocycles. The summed E-state index contributed by atoms with van der Waals surface area (Å²) in [7, 11) is 0. The first-order valence-electron chi connectivity index (χ1n) is 8.18. The average Bonchev–Trinajstić information content (AvgIpc) is 2.66. The van der Waals surface area contributed by atoms with Crippen LogP contribution in [0.2, 0.25) is 0 Å². The number of Topliss-reactive ketones (excluding diaryl/α,β-unsaturated/α-hetero) is 1. The lowest BCUT2D eigenvalue weighted by atomic mass is 10.1. The molecule has 0 aliphatic carbocycles. The lowest BCUT2D eigenvalue weighted by Crippen LogP contribution is -2.24. The van der Waals surface area contributed by atoms with Gasteiger partial charge in [0.1, 0.15) is 0 Å². The number of rotatable bonds is 7. The van der Waals surface area contributed by atoms with Gasteiger partial charge in [-0.3, -0.25) is 19.7 Å². The van der Waals surface area contributed by atoms with Crippen molar-refractivity contribution in [3.63, 3.8) is 0 Å². The van der Waals surface area contributed by atoms with Gasteiger partial charge in [-0.2, -0.15) is 0 Å². The van der Waals surface area contributed by atoms with Crippen molar-refractivity contribution in [3.8, 4) is 0 Å². The van der Waals surface area contributed by atoms with E-state index in [4.69, 9.17) is 4.74 Å². The molecule has 0 bridgehead atoms. The third-order valence-corrected chi connectivity index (χ3v) is 4.54. The number of benzene rings is 2. The molecular formula is C19H18N2O6S. The van der Waals surface area contributed by atoms with Gasteiger partial charge in [0.25, 0.3) is 5.69 Å². The maximum Gasteiger partial charge on any atom is 0.339 e. The van der Waals surface area contributed by atoms with Gasteiger partial charge in [-0.1, -0.05) is 0 Å². The molecule has 0 saturated carbocycles. The summed E-state index contributed by atoms with van der Waals surface area (Å²) < 4.78 is 5.17. The molecule has 28 heavy (non-hydrogen) atoms. The number of hydrogen-bond acceptors (Lipinski definition) is 7. The first kappa shape index (κ1) is 21.1. The van der Waals surface area contributed by atoms with Crippen molar-refractivity contribution in [3.05, 3.63) is 63.7 Å². The van der Waals surface area contributed by atoms with Crippen LogP contribution in [0.5, 0.6) is 0 Å². The molecule has 2 aromatic rings. The summed E-state index contributed by atoms with van der Waals surface area (Å²) in [5, 5.41) is 13.7. The molecule has 0 radical (unpaired) electrons. The summed E-state index contributed by atoms with van der Waals surface area (Å²) >= 11 is 1.19. The van der Waals surface area contributed by atoms with Crippen molar-refractivity contribution in [1.29, 1.82) is 0 Å². The van der Waals surface area contributed by atoms with Crippen LogP contribution in [0.4, 0.5) is 11.4 Å². The van der Waals surface area contributed by atoms with E-state index in [1.54, 1.807) is 18.4 Å². The van der Waals surface area contributed by atoms with Crippen LogP contribution in [0.25, 0.3) is 0 Å². The zero-order chi connectivity index (χ0) is 20.8. The SMILES string of the molecule is CSc1ccc(C(=O)O[C@@H](C)C(=O)c2ccc(NC(C)=O)cc2)cc1[N+](=O)[O-]. The van der Waals surface area contributed by atoms with Crippen LogP contribution in [-0.4, -0.2) is 34.9 Å². The summed E-state index contributed by atoms with van der Waals surface area (Å²) in [6.45, 7) is 2.79. The van der Waals surface area contributed by atoms with E-state index < -0.39 is 22.8 Å². The van der Waals surface area contributed by atoms with Gasteiger partial charge in [-0.15, -0.1) is 11.8 Å². The minimum Gasteiger partial charge on any atom is -0.451 e. The number of amides is 1. The predicted molar refractivity (Wildman–Crippen MR) is 105 cm³/mol. The van der Waals surface area contributed by atoms with Crippen LogP contribution in [0.3, 0.4) is 0 Å². The second-order valence-electron chi connectivity index (χ2n) is 5.81. The van der Waals surface area contributed by atoms with Crippen molar-refractivity contribution in [2.75, 3.05) is 11.6 Å². The molecule has 0 saturated heterocycles. The monoisotopic (exact) mass is 402 g/mol. The van der Waals surface area contributed by atoms with Crippen molar-refractivity contribution in [2.24, 2.45) is 0 Å². The third kappa shape index (κ3) is 5.17. The number of nitro benzene ring substituents is 1. The van der Waals surface area contributed by atoms with E-state index in [-0.39, 0.29) is 17.2 Å². The lowest BCUT2D eigenvalue weighted by Gasteiger charge is -2.13. The third-order valence-electron chi connectivity index (χ3n) is 3.75. The van der Waals surface area contributed by atoms with Gasteiger partial charge in [-0.05, 0) is 49.6 Å². The number of esters is 1. The fourth-order valence-electron chi connectivity index (χ4n) is 2.40. The number of nitro groups is 1. The zero-order valence-corrected chi connectivity index (χ0v) is 16.2. The van der Waals surface area contributed by atoms with Crippen LogP contribution in [-0.2, 0) is 9.53 Å². The Bertz CT molecular complexity index is 927. The number of hydrogen-bond donors (Lipinski definition) is 1. The van der Waals surface area contributed by atoms with Crippen molar-refractivity contribution < 1.29 is 24.0 Å². The molecule has 0 unspecified atom stereocenters. The topological polar surface area (TPSA) is 116 Å². The van der Waals surface area contributed by atoms with Crippen molar-refractivity contribution in [2.45, 2.75) is 24.8 Å². The van der Waals surface area contributed by atoms with Crippen LogP contribution in [0.1, 0.15) is 34.6 Å². The zero-order valence-electron chi connectivity index (χ0n) is 15.4. The van der Waals surface area contributed by atoms with Crippen LogP contribution in [0, 0.1) is 10.1 Å². The van der Waals surface area contributed by atoms with Gasteiger partial charge >= 0.3 is 5.97 Å². The fraction of sp³-hybridized carbons (Fsp3) is 0.211. The van der Waals surface area contributed by atoms with Gasteiger partial charge in [0.2, 0.25) is 11.7 Å². The van der Waals surface area contributed by atoms with E-state index in [0.29, 0.717) is 16.1 Å². The van der Waals surface area contributed by atoms with Gasteiger partial charge in [-0.25, -0.2) is 4.79 Å². The maximum absolute atomic E-state index is 12.4. The smallest absolute Gasteiger partial charge is 0.339 e. The summed E-state index contributed by atoms with van der Waals surface area (Å²) in [5.41, 5.74) is 0.632. The minimum absolute atomic E-state index is 0.00911. The number of ketones is 1. The Hall–Kier alpha value is -3.20. The van der Waals surface area contributed by atoms with Crippen LogP contribution >= 0.6 is 11.8 Å². The van der Waals surface area contributed by atoms with Gasteiger partial charge < -0.3 is 10.1 Å². The highest BCUT2D eigenvalue weighted by Crippen LogP contribution is 2.28. The Labute approximate surface area is 165 Å². The Morgan fingerprint density at radius 2 is 1.71 bits per heavy atom. The summed E-state index contributed by atoms with van der Waals surface area (Å²) in [6.07, 6.45) is 0.608. The number of nitrogens with one attached hydrogen (secondary N) is 1. The molecule has 0 aromatic heterocycles. The number of anilines is 1. The molecule has 146 valence electrons. The molecule has 0 spiro atoms. The molecule has 8 nitrogen and oxygen atoms in total. The van der Waals surface area contributed by atoms with E-state index in [1.165, 1.54) is 49.9 Å². The average molecular weight is 402 g/mol. The lowest BCUT2D eigenvalue weighted by molar-refractivity contribution is -0.387. The Balaban J connectivity index is 2.11. The number of thioether (sulfide) groups is 1. The molecular weight excluding hydrogens is 384 g/mol. The standard InChI is InChI=1S/C19H18N2O6S/c1-11(18(23)13-4-7-15(8-5-13)20-12(2)22)27-19(24)14-6-9-17(28-3)16(10-14)21(25)26/h4-11H,1-3H3,(H,20,22)/t11-/m0/s1. The Kier molecular flexibility index (Phi) is 6.89. The number of carbonyl (C=O) groups excluding carboxylic acids is 3. The number of nitrogens with zero attached hydrogens (tertiary/aromatic N) is 1. The van der Waals surface area contributed by atoms with E-state index in [0.717, 1.165) is 6.07 Å². The summed E-state index contributed by atoms with van der Waals surface area (Å²) in [5.74, 6) is -1.49. The molecule has 9 heteroatoms. The first-order valence-corrected chi connectivity index (χ1v) is 9.40. The highest BCUT2D eigenvalue weighted by molar-refractivity contribution is 7.98. The van der Waals surface area contributed by atoms with Crippen LogP contribution in [0.15, 0.2) is 47.4 Å². The first-order chi connectivity index (χ1) is 13.2. The number of ether oxygens (including phenoxy) is 1. The highest BCUT2D eigenvalue weighted by atomic mass is 32.2. The normalized spacial score (nSPS) is 11.4. The molecule has 1 N–H and O–H groups in total. The largest absolute Gasteiger partial charge is 0.451 e. The van der Waals surface area contributed by atoms with Gasteiger partial charge in [0.15, 0.2) is 6.10 Å². The van der Waals surface area contributed by atoms with E-state index in [9.17, 15) is 24.5 Å². The second kappa shape index (κ2) is 9.14. The van der Waals surface area contributed by atoms with E-state index in [2.05, 4.69) is 5.32 Å². The van der Waals surface area contributed by atoms with E-state index >= 15 is 0 Å². The predicted octanol–water partition coefficient (Wildman–Crippen LogP) is 3.70. The number of carbonyl (C=O) groups is 3. The van der Waals surface area contributed by atoms with Crippen LogP contribution < -0.4 is 5.32 Å². The maximum atomic E-state index is 12.4. The minimum atomic E-state index is -1.08. The van der Waals surface area contributed by atoms with Gasteiger partial charge in [0.05, 0.1) is 15.4 Å². The summed E-state index contributed by atoms with van der Waals surface area (Å²) in [4.78, 5) is 46.7. The molecule has 1 atom stereocenters. The molecule has 1 amide bonds. The molecule has 0 heterocycles. The molecule has 0 fully saturated rings.